The van der Waals surface area contributed by atoms with E-state index in [1.165, 1.54) is 5.56 Å². The molecule has 0 aromatic heterocycles. The first-order valence-corrected chi connectivity index (χ1v) is 5.51. The summed E-state index contributed by atoms with van der Waals surface area (Å²) in [6.07, 6.45) is 0.856. The summed E-state index contributed by atoms with van der Waals surface area (Å²) in [5.74, 6) is 0. The maximum absolute atomic E-state index is 10.5. The van der Waals surface area contributed by atoms with Crippen molar-refractivity contribution in [3.63, 3.8) is 0 Å². The van der Waals surface area contributed by atoms with Crippen LogP contribution in [0.4, 0.5) is 0 Å². The lowest BCUT2D eigenvalue weighted by Crippen LogP contribution is -1.80. The van der Waals surface area contributed by atoms with E-state index in [2.05, 4.69) is 12.1 Å². The first kappa shape index (κ1) is 12.2. The van der Waals surface area contributed by atoms with Crippen molar-refractivity contribution < 1.29 is 4.79 Å². The number of carbonyl (C=O) groups excluding carboxylic acids is 1. The molecule has 0 spiro atoms. The van der Waals surface area contributed by atoms with Crippen LogP contribution in [-0.4, -0.2) is 6.29 Å². The number of rotatable bonds is 2. The number of hydrogen-bond donors (Lipinski definition) is 0. The lowest BCUT2D eigenvalue weighted by molar-refractivity contribution is 0.112. The lowest BCUT2D eigenvalue weighted by Gasteiger charge is -2.00. The quantitative estimate of drug-likeness (QED) is 0.682. The van der Waals surface area contributed by atoms with Gasteiger partial charge in [-0.2, -0.15) is 0 Å². The van der Waals surface area contributed by atoms with Crippen LogP contribution >= 0.6 is 0 Å². The molecule has 0 bridgehead atoms. The fourth-order valence-electron chi connectivity index (χ4n) is 1.38. The summed E-state index contributed by atoms with van der Waals surface area (Å²) in [6.45, 7) is 4.00. The summed E-state index contributed by atoms with van der Waals surface area (Å²) in [5.41, 5.74) is 3.02. The second-order valence-corrected chi connectivity index (χ2v) is 3.11. The normalized spacial score (nSPS) is 8.88. The smallest absolute Gasteiger partial charge is 0.150 e. The van der Waals surface area contributed by atoms with Gasteiger partial charge in [0.05, 0.1) is 0 Å². The molecule has 0 fully saturated rings. The van der Waals surface area contributed by atoms with Crippen LogP contribution in [0.2, 0.25) is 0 Å². The van der Waals surface area contributed by atoms with Crippen LogP contribution in [-0.2, 0) is 0 Å². The molecule has 0 saturated heterocycles. The lowest BCUT2D eigenvalue weighted by atomic mass is 10.0. The first-order valence-electron chi connectivity index (χ1n) is 5.51. The fourth-order valence-corrected chi connectivity index (χ4v) is 1.38. The van der Waals surface area contributed by atoms with E-state index in [1.54, 1.807) is 0 Å². The molecule has 0 aliphatic carbocycles. The van der Waals surface area contributed by atoms with Crippen LogP contribution in [0, 0.1) is 0 Å². The Labute approximate surface area is 96.8 Å². The SMILES string of the molecule is CC.O=Cc1ccc(-c2ccccc2)cc1. The van der Waals surface area contributed by atoms with Crippen LogP contribution in [0.15, 0.2) is 54.6 Å². The molecule has 0 atom stereocenters. The Bertz CT molecular complexity index is 415. The Morgan fingerprint density at radius 1 is 0.750 bits per heavy atom. The third-order valence-corrected chi connectivity index (χ3v) is 2.15. The van der Waals surface area contributed by atoms with Crippen LogP contribution in [0.3, 0.4) is 0 Å². The van der Waals surface area contributed by atoms with Gasteiger partial charge >= 0.3 is 0 Å². The highest BCUT2D eigenvalue weighted by Gasteiger charge is 1.95. The minimum atomic E-state index is 0.713. The Balaban J connectivity index is 0.000000606. The maximum Gasteiger partial charge on any atom is 0.150 e. The van der Waals surface area contributed by atoms with Gasteiger partial charge in [0.2, 0.25) is 0 Å². The summed E-state index contributed by atoms with van der Waals surface area (Å²) in [6, 6.07) is 17.7. The molecule has 1 nitrogen and oxygen atoms in total. The van der Waals surface area contributed by atoms with E-state index in [4.69, 9.17) is 0 Å². The second-order valence-electron chi connectivity index (χ2n) is 3.11. The maximum atomic E-state index is 10.5. The Kier molecular flexibility index (Phi) is 5.00. The van der Waals surface area contributed by atoms with Crippen LogP contribution in [0.25, 0.3) is 11.1 Å². The van der Waals surface area contributed by atoms with E-state index in [0.717, 1.165) is 11.8 Å². The van der Waals surface area contributed by atoms with Gasteiger partial charge in [-0.05, 0) is 11.1 Å². The van der Waals surface area contributed by atoms with Crippen molar-refractivity contribution in [2.75, 3.05) is 0 Å². The van der Waals surface area contributed by atoms with Gasteiger partial charge < -0.3 is 0 Å². The van der Waals surface area contributed by atoms with Crippen molar-refractivity contribution >= 4 is 6.29 Å². The highest BCUT2D eigenvalue weighted by Crippen LogP contribution is 2.18. The molecule has 0 amide bonds. The van der Waals surface area contributed by atoms with Crippen LogP contribution < -0.4 is 0 Å². The molecule has 0 radical (unpaired) electrons. The van der Waals surface area contributed by atoms with E-state index in [-0.39, 0.29) is 0 Å². The van der Waals surface area contributed by atoms with Gasteiger partial charge in [-0.25, -0.2) is 0 Å². The number of hydrogen-bond acceptors (Lipinski definition) is 1. The van der Waals surface area contributed by atoms with Gasteiger partial charge in [0.25, 0.3) is 0 Å². The first-order chi connectivity index (χ1) is 7.90. The van der Waals surface area contributed by atoms with Crippen molar-refractivity contribution in [3.8, 4) is 11.1 Å². The van der Waals surface area contributed by atoms with Crippen molar-refractivity contribution in [1.29, 1.82) is 0 Å². The summed E-state index contributed by atoms with van der Waals surface area (Å²) in [4.78, 5) is 10.5. The van der Waals surface area contributed by atoms with Crippen molar-refractivity contribution in [3.05, 3.63) is 60.2 Å². The minimum absolute atomic E-state index is 0.713. The predicted molar refractivity (Wildman–Crippen MR) is 68.6 cm³/mol. The van der Waals surface area contributed by atoms with Gasteiger partial charge in [0, 0.05) is 5.56 Å². The molecule has 0 heterocycles. The fraction of sp³-hybridized carbons (Fsp3) is 0.133. The Morgan fingerprint density at radius 3 is 1.75 bits per heavy atom. The summed E-state index contributed by atoms with van der Waals surface area (Å²) in [7, 11) is 0. The van der Waals surface area contributed by atoms with Crippen molar-refractivity contribution in [1.82, 2.24) is 0 Å². The molecular weight excluding hydrogens is 196 g/mol. The zero-order chi connectivity index (χ0) is 11.8. The predicted octanol–water partition coefficient (Wildman–Crippen LogP) is 4.19. The average Bonchev–Trinajstić information content (AvgIpc) is 2.42. The van der Waals surface area contributed by atoms with Crippen LogP contribution in [0.5, 0.6) is 0 Å². The van der Waals surface area contributed by atoms with Gasteiger partial charge in [0.1, 0.15) is 6.29 Å². The molecule has 0 N–H and O–H groups in total. The van der Waals surface area contributed by atoms with Crippen LogP contribution in [0.1, 0.15) is 24.2 Å². The highest BCUT2D eigenvalue weighted by molar-refractivity contribution is 5.76. The number of carbonyl (C=O) groups is 1. The van der Waals surface area contributed by atoms with E-state index >= 15 is 0 Å². The molecule has 0 unspecified atom stereocenters. The van der Waals surface area contributed by atoms with Gasteiger partial charge in [-0.1, -0.05) is 68.4 Å². The molecule has 82 valence electrons. The Morgan fingerprint density at radius 2 is 1.25 bits per heavy atom. The number of benzene rings is 2. The molecule has 1 heteroatoms. The van der Waals surface area contributed by atoms with E-state index in [0.29, 0.717) is 5.56 Å². The van der Waals surface area contributed by atoms with E-state index < -0.39 is 0 Å². The second kappa shape index (κ2) is 6.57. The van der Waals surface area contributed by atoms with Gasteiger partial charge in [-0.3, -0.25) is 4.79 Å². The molecule has 2 aromatic rings. The number of aldehydes is 1. The minimum Gasteiger partial charge on any atom is -0.298 e. The third-order valence-electron chi connectivity index (χ3n) is 2.15. The molecule has 0 aliphatic heterocycles. The Hall–Kier alpha value is -1.89. The zero-order valence-electron chi connectivity index (χ0n) is 9.68. The zero-order valence-corrected chi connectivity index (χ0v) is 9.68. The van der Waals surface area contributed by atoms with E-state index in [9.17, 15) is 4.79 Å². The van der Waals surface area contributed by atoms with Crippen molar-refractivity contribution in [2.45, 2.75) is 13.8 Å². The third kappa shape index (κ3) is 3.06. The van der Waals surface area contributed by atoms with E-state index in [1.807, 2.05) is 56.3 Å². The summed E-state index contributed by atoms with van der Waals surface area (Å²) < 4.78 is 0. The average molecular weight is 212 g/mol. The van der Waals surface area contributed by atoms with Gasteiger partial charge in [0.15, 0.2) is 0 Å². The molecule has 2 aromatic carbocycles. The largest absolute Gasteiger partial charge is 0.298 e. The summed E-state index contributed by atoms with van der Waals surface area (Å²) in [5, 5.41) is 0. The standard InChI is InChI=1S/C13H10O.C2H6/c14-10-11-6-8-13(9-7-11)12-4-2-1-3-5-12;1-2/h1-10H;1-2H3. The molecule has 0 saturated carbocycles. The molecule has 16 heavy (non-hydrogen) atoms. The van der Waals surface area contributed by atoms with Crippen molar-refractivity contribution in [2.24, 2.45) is 0 Å². The molecular formula is C15H16O. The summed E-state index contributed by atoms with van der Waals surface area (Å²) >= 11 is 0. The van der Waals surface area contributed by atoms with Gasteiger partial charge in [-0.15, -0.1) is 0 Å². The monoisotopic (exact) mass is 212 g/mol. The highest BCUT2D eigenvalue weighted by atomic mass is 16.1. The molecule has 0 aliphatic rings. The topological polar surface area (TPSA) is 17.1 Å². The molecule has 2 rings (SSSR count).